The van der Waals surface area contributed by atoms with E-state index in [1.54, 1.807) is 30.3 Å². The van der Waals surface area contributed by atoms with Crippen molar-refractivity contribution in [1.82, 2.24) is 0 Å². The minimum absolute atomic E-state index is 0.00309. The van der Waals surface area contributed by atoms with Crippen molar-refractivity contribution in [3.63, 3.8) is 0 Å². The van der Waals surface area contributed by atoms with Crippen molar-refractivity contribution >= 4 is 52.0 Å². The highest BCUT2D eigenvalue weighted by Gasteiger charge is 2.32. The minimum atomic E-state index is -0.420. The first-order valence-corrected chi connectivity index (χ1v) is 11.4. The molecule has 34 heavy (non-hydrogen) atoms. The molecule has 3 aromatic carbocycles. The van der Waals surface area contributed by atoms with Gasteiger partial charge in [0.1, 0.15) is 11.5 Å². The molecule has 0 aromatic heterocycles. The van der Waals surface area contributed by atoms with Gasteiger partial charge in [-0.15, -0.1) is 0 Å². The van der Waals surface area contributed by atoms with E-state index >= 15 is 0 Å². The number of carbonyl (C=O) groups is 3. The van der Waals surface area contributed by atoms with Crippen molar-refractivity contribution in [1.29, 1.82) is 0 Å². The van der Waals surface area contributed by atoms with Crippen LogP contribution in [0.4, 0.5) is 15.8 Å². The van der Waals surface area contributed by atoms with Crippen LogP contribution in [-0.4, -0.2) is 28.5 Å². The topological polar surface area (TPSA) is 78.8 Å². The summed E-state index contributed by atoms with van der Waals surface area (Å²) in [4.78, 5) is 42.9. The number of Topliss-reactive ketones (excluding diaryl/α,β-unsaturated/α-hetero) is 1. The molecule has 1 heterocycles. The number of carbonyl (C=O) groups excluding carboxylic acids is 3. The molecule has 0 aliphatic carbocycles. The molecule has 0 bridgehead atoms. The molecular formula is C26H20FN3O3S. The highest BCUT2D eigenvalue weighted by Crippen LogP contribution is 2.29. The van der Waals surface area contributed by atoms with Gasteiger partial charge in [-0.25, -0.2) is 9.38 Å². The standard InChI is InChI=1S/C26H20FN3O3S/c1-17(31)19-7-11-21(12-8-19)28-24(32)16-34-26-29-23(15-18-5-3-2-4-6-18)25(33)30(26)22-13-9-20(27)10-14-22/h2-15H,16H2,1H3,(H,28,32)/b23-15+. The van der Waals surface area contributed by atoms with Crippen molar-refractivity contribution in [2.45, 2.75) is 6.92 Å². The third-order valence-electron chi connectivity index (χ3n) is 4.92. The molecule has 0 saturated carbocycles. The van der Waals surface area contributed by atoms with Crippen LogP contribution in [-0.2, 0) is 9.59 Å². The molecule has 170 valence electrons. The fraction of sp³-hybridized carbons (Fsp3) is 0.0769. The molecule has 0 saturated heterocycles. The first-order chi connectivity index (χ1) is 16.4. The lowest BCUT2D eigenvalue weighted by Crippen LogP contribution is -2.31. The van der Waals surface area contributed by atoms with E-state index in [9.17, 15) is 18.8 Å². The second-order valence-corrected chi connectivity index (χ2v) is 8.36. The van der Waals surface area contributed by atoms with Crippen LogP contribution in [0.5, 0.6) is 0 Å². The molecular weight excluding hydrogens is 453 g/mol. The van der Waals surface area contributed by atoms with Crippen LogP contribution in [0.1, 0.15) is 22.8 Å². The minimum Gasteiger partial charge on any atom is -0.325 e. The molecule has 0 atom stereocenters. The Kier molecular flexibility index (Phi) is 6.98. The number of nitrogens with one attached hydrogen (secondary N) is 1. The van der Waals surface area contributed by atoms with Crippen molar-refractivity contribution in [2.75, 3.05) is 16.0 Å². The van der Waals surface area contributed by atoms with Crippen LogP contribution in [0.15, 0.2) is 89.6 Å². The third-order valence-corrected chi connectivity index (χ3v) is 5.86. The lowest BCUT2D eigenvalue weighted by atomic mass is 10.1. The van der Waals surface area contributed by atoms with Gasteiger partial charge in [0, 0.05) is 11.3 Å². The lowest BCUT2D eigenvalue weighted by molar-refractivity contribution is -0.114. The molecule has 1 aliphatic heterocycles. The number of hydrogen-bond donors (Lipinski definition) is 1. The van der Waals surface area contributed by atoms with Crippen LogP contribution in [0.3, 0.4) is 0 Å². The average molecular weight is 474 g/mol. The van der Waals surface area contributed by atoms with E-state index in [1.165, 1.54) is 36.1 Å². The number of nitrogens with zero attached hydrogens (tertiary/aromatic N) is 2. The third kappa shape index (κ3) is 5.47. The Bertz CT molecular complexity index is 1290. The number of amidine groups is 1. The van der Waals surface area contributed by atoms with Crippen molar-refractivity contribution < 1.29 is 18.8 Å². The van der Waals surface area contributed by atoms with Gasteiger partial charge in [-0.1, -0.05) is 42.1 Å². The Hall–Kier alpha value is -4.04. The molecule has 1 aliphatic rings. The number of ketones is 1. The van der Waals surface area contributed by atoms with E-state index in [0.717, 1.165) is 17.3 Å². The van der Waals surface area contributed by atoms with Crippen LogP contribution in [0, 0.1) is 5.82 Å². The fourth-order valence-corrected chi connectivity index (χ4v) is 4.05. The molecule has 3 aromatic rings. The van der Waals surface area contributed by atoms with Gasteiger partial charge < -0.3 is 5.32 Å². The summed E-state index contributed by atoms with van der Waals surface area (Å²) in [7, 11) is 0. The number of rotatable bonds is 6. The summed E-state index contributed by atoms with van der Waals surface area (Å²) in [6.45, 7) is 1.47. The predicted octanol–water partition coefficient (Wildman–Crippen LogP) is 5.14. The van der Waals surface area contributed by atoms with Gasteiger partial charge in [0.05, 0.1) is 11.4 Å². The van der Waals surface area contributed by atoms with Gasteiger partial charge in [0.25, 0.3) is 5.91 Å². The van der Waals surface area contributed by atoms with Crippen LogP contribution in [0.2, 0.25) is 0 Å². The molecule has 0 unspecified atom stereocenters. The second kappa shape index (κ2) is 10.3. The maximum atomic E-state index is 13.4. The number of amides is 2. The van der Waals surface area contributed by atoms with Crippen molar-refractivity contribution in [3.05, 3.63) is 102 Å². The van der Waals surface area contributed by atoms with Gasteiger partial charge in [-0.2, -0.15) is 0 Å². The number of anilines is 2. The van der Waals surface area contributed by atoms with E-state index < -0.39 is 5.82 Å². The molecule has 0 fully saturated rings. The Morgan fingerprint density at radius 2 is 1.68 bits per heavy atom. The SMILES string of the molecule is CC(=O)c1ccc(NC(=O)CSC2=N/C(=C/c3ccccc3)C(=O)N2c2ccc(F)cc2)cc1. The maximum absolute atomic E-state index is 13.4. The molecule has 0 radical (unpaired) electrons. The highest BCUT2D eigenvalue weighted by molar-refractivity contribution is 8.14. The Morgan fingerprint density at radius 3 is 2.32 bits per heavy atom. The summed E-state index contributed by atoms with van der Waals surface area (Å²) in [6, 6.07) is 21.4. The zero-order chi connectivity index (χ0) is 24.1. The quantitative estimate of drug-likeness (QED) is 0.397. The molecule has 6 nitrogen and oxygen atoms in total. The number of hydrogen-bond acceptors (Lipinski definition) is 5. The van der Waals surface area contributed by atoms with E-state index in [-0.39, 0.29) is 29.0 Å². The van der Waals surface area contributed by atoms with Gasteiger partial charge in [-0.05, 0) is 67.1 Å². The number of thioether (sulfide) groups is 1. The summed E-state index contributed by atoms with van der Waals surface area (Å²) in [6.07, 6.45) is 1.67. The van der Waals surface area contributed by atoms with Gasteiger partial charge in [-0.3, -0.25) is 19.3 Å². The molecule has 4 rings (SSSR count). The first kappa shape index (κ1) is 23.1. The van der Waals surface area contributed by atoms with Crippen LogP contribution in [0.25, 0.3) is 6.08 Å². The van der Waals surface area contributed by atoms with Crippen molar-refractivity contribution in [3.8, 4) is 0 Å². The largest absolute Gasteiger partial charge is 0.325 e. The molecule has 0 spiro atoms. The summed E-state index contributed by atoms with van der Waals surface area (Å²) in [5.74, 6) is -1.14. The highest BCUT2D eigenvalue weighted by atomic mass is 32.2. The smallest absolute Gasteiger partial charge is 0.283 e. The zero-order valence-electron chi connectivity index (χ0n) is 18.2. The number of benzene rings is 3. The van der Waals surface area contributed by atoms with Gasteiger partial charge >= 0.3 is 0 Å². The Morgan fingerprint density at radius 1 is 1.00 bits per heavy atom. The zero-order valence-corrected chi connectivity index (χ0v) is 19.0. The molecule has 2 amide bonds. The summed E-state index contributed by atoms with van der Waals surface area (Å²) >= 11 is 1.10. The van der Waals surface area contributed by atoms with E-state index in [0.29, 0.717) is 22.1 Å². The van der Waals surface area contributed by atoms with Crippen LogP contribution < -0.4 is 10.2 Å². The van der Waals surface area contributed by atoms with E-state index in [1.807, 2.05) is 30.3 Å². The predicted molar refractivity (Wildman–Crippen MR) is 133 cm³/mol. The average Bonchev–Trinajstić information content (AvgIpc) is 3.14. The monoisotopic (exact) mass is 473 g/mol. The maximum Gasteiger partial charge on any atom is 0.283 e. The number of halogens is 1. The molecule has 1 N–H and O–H groups in total. The Balaban J connectivity index is 1.52. The lowest BCUT2D eigenvalue weighted by Gasteiger charge is -2.17. The Labute approximate surface area is 200 Å². The first-order valence-electron chi connectivity index (χ1n) is 10.4. The summed E-state index contributed by atoms with van der Waals surface area (Å²) < 4.78 is 13.4. The molecule has 8 heteroatoms. The summed E-state index contributed by atoms with van der Waals surface area (Å²) in [5.41, 5.74) is 2.60. The fourth-order valence-electron chi connectivity index (χ4n) is 3.23. The normalized spacial score (nSPS) is 14.3. The second-order valence-electron chi connectivity index (χ2n) is 7.42. The number of aliphatic imine (C=N–C) groups is 1. The van der Waals surface area contributed by atoms with Crippen LogP contribution >= 0.6 is 11.8 Å². The van der Waals surface area contributed by atoms with E-state index in [4.69, 9.17) is 0 Å². The van der Waals surface area contributed by atoms with Crippen molar-refractivity contribution in [2.24, 2.45) is 4.99 Å². The van der Waals surface area contributed by atoms with Gasteiger partial charge in [0.2, 0.25) is 5.91 Å². The summed E-state index contributed by atoms with van der Waals surface area (Å²) in [5, 5.41) is 3.08. The van der Waals surface area contributed by atoms with Gasteiger partial charge in [0.15, 0.2) is 11.0 Å². The van der Waals surface area contributed by atoms with E-state index in [2.05, 4.69) is 10.3 Å².